The van der Waals surface area contributed by atoms with E-state index in [1.165, 1.54) is 0 Å². The molecule has 1 aliphatic rings. The molecular formula is C15H17N3O4. The van der Waals surface area contributed by atoms with Gasteiger partial charge < -0.3 is 14.3 Å². The summed E-state index contributed by atoms with van der Waals surface area (Å²) >= 11 is 0. The molecule has 1 saturated heterocycles. The third-order valence-electron chi connectivity index (χ3n) is 3.85. The number of carbonyl (C=O) groups is 2. The van der Waals surface area contributed by atoms with Crippen molar-refractivity contribution in [3.05, 3.63) is 40.7 Å². The Hall–Kier alpha value is -2.57. The number of hydrogen-bond donors (Lipinski definition) is 1. The first kappa shape index (κ1) is 14.4. The summed E-state index contributed by atoms with van der Waals surface area (Å²) in [7, 11) is 0. The average Bonchev–Trinajstić information content (AvgIpc) is 3.05. The van der Waals surface area contributed by atoms with E-state index in [2.05, 4.69) is 10.5 Å². The molecule has 1 fully saturated rings. The molecule has 0 radical (unpaired) electrons. The Morgan fingerprint density at radius 3 is 2.55 bits per heavy atom. The summed E-state index contributed by atoms with van der Waals surface area (Å²) in [6.07, 6.45) is 0. The van der Waals surface area contributed by atoms with E-state index < -0.39 is 11.6 Å². The summed E-state index contributed by atoms with van der Waals surface area (Å²) in [6, 6.07) is 3.01. The molecule has 0 aromatic carbocycles. The highest BCUT2D eigenvalue weighted by Crippen LogP contribution is 2.33. The average molecular weight is 303 g/mol. The summed E-state index contributed by atoms with van der Waals surface area (Å²) in [6.45, 7) is 7.08. The van der Waals surface area contributed by atoms with Crippen LogP contribution in [-0.2, 0) is 16.9 Å². The topological polar surface area (TPSA) is 88.6 Å². The predicted molar refractivity (Wildman–Crippen MR) is 75.9 cm³/mol. The number of aryl methyl sites for hydroxylation is 3. The minimum Gasteiger partial charge on any atom is -0.466 e. The van der Waals surface area contributed by atoms with Crippen LogP contribution in [0, 0.1) is 20.8 Å². The highest BCUT2D eigenvalue weighted by atomic mass is 16.5. The smallest absolute Gasteiger partial charge is 0.325 e. The van der Waals surface area contributed by atoms with E-state index >= 15 is 0 Å². The molecular weight excluding hydrogens is 286 g/mol. The van der Waals surface area contributed by atoms with Crippen molar-refractivity contribution >= 4 is 11.9 Å². The fourth-order valence-electron chi connectivity index (χ4n) is 2.80. The van der Waals surface area contributed by atoms with Crippen LogP contribution in [0.25, 0.3) is 0 Å². The van der Waals surface area contributed by atoms with Crippen LogP contribution in [0.5, 0.6) is 0 Å². The van der Waals surface area contributed by atoms with Crippen LogP contribution in [0.1, 0.15) is 35.5 Å². The van der Waals surface area contributed by atoms with Gasteiger partial charge in [0.05, 0.1) is 12.2 Å². The molecule has 2 aromatic heterocycles. The van der Waals surface area contributed by atoms with Gasteiger partial charge in [-0.1, -0.05) is 5.16 Å². The Morgan fingerprint density at radius 2 is 2.00 bits per heavy atom. The fourth-order valence-corrected chi connectivity index (χ4v) is 2.80. The molecule has 0 spiro atoms. The van der Waals surface area contributed by atoms with Gasteiger partial charge in [-0.2, -0.15) is 0 Å². The maximum absolute atomic E-state index is 12.7. The van der Waals surface area contributed by atoms with Crippen molar-refractivity contribution in [2.24, 2.45) is 0 Å². The second-order valence-electron chi connectivity index (χ2n) is 5.71. The van der Waals surface area contributed by atoms with Crippen LogP contribution in [0.4, 0.5) is 4.79 Å². The number of furan rings is 1. The largest absolute Gasteiger partial charge is 0.466 e. The van der Waals surface area contributed by atoms with Gasteiger partial charge >= 0.3 is 6.03 Å². The third kappa shape index (κ3) is 2.09. The number of amides is 3. The van der Waals surface area contributed by atoms with Crippen molar-refractivity contribution in [1.82, 2.24) is 15.4 Å². The lowest BCUT2D eigenvalue weighted by Gasteiger charge is -2.20. The number of hydrogen-bond acceptors (Lipinski definition) is 5. The second kappa shape index (κ2) is 4.72. The van der Waals surface area contributed by atoms with E-state index in [9.17, 15) is 9.59 Å². The van der Waals surface area contributed by atoms with E-state index in [0.717, 1.165) is 4.90 Å². The predicted octanol–water partition coefficient (Wildman–Crippen LogP) is 2.16. The Kier molecular flexibility index (Phi) is 3.09. The zero-order chi connectivity index (χ0) is 16.1. The van der Waals surface area contributed by atoms with Crippen LogP contribution >= 0.6 is 0 Å². The van der Waals surface area contributed by atoms with Gasteiger partial charge in [-0.05, 0) is 33.8 Å². The highest BCUT2D eigenvalue weighted by molar-refractivity contribution is 6.07. The van der Waals surface area contributed by atoms with Gasteiger partial charge in [-0.25, -0.2) is 4.79 Å². The summed E-state index contributed by atoms with van der Waals surface area (Å²) in [5.41, 5.74) is 0.235. The van der Waals surface area contributed by atoms with Gasteiger partial charge in [0, 0.05) is 11.6 Å². The van der Waals surface area contributed by atoms with Crippen molar-refractivity contribution in [2.45, 2.75) is 39.8 Å². The van der Waals surface area contributed by atoms with Crippen LogP contribution in [0.15, 0.2) is 21.1 Å². The molecule has 1 unspecified atom stereocenters. The SMILES string of the molecule is Cc1cc(CN2C(=O)NC(C)(c3cc(C)oc3C)C2=O)on1. The first-order valence-electron chi connectivity index (χ1n) is 6.95. The minimum absolute atomic E-state index is 0.0526. The molecule has 0 bridgehead atoms. The van der Waals surface area contributed by atoms with Gasteiger partial charge in [0.1, 0.15) is 17.1 Å². The molecule has 3 rings (SSSR count). The number of aromatic nitrogens is 1. The zero-order valence-electron chi connectivity index (χ0n) is 12.9. The molecule has 0 aliphatic carbocycles. The quantitative estimate of drug-likeness (QED) is 0.878. The lowest BCUT2D eigenvalue weighted by molar-refractivity contribution is -0.131. The first-order valence-corrected chi connectivity index (χ1v) is 6.95. The molecule has 2 aromatic rings. The molecule has 1 aliphatic heterocycles. The standard InChI is InChI=1S/C15H17N3O4/c1-8-5-11(22-17-8)7-18-13(19)15(4,16-14(18)20)12-6-9(2)21-10(12)3/h5-6H,7H2,1-4H3,(H,16,20). The lowest BCUT2D eigenvalue weighted by Crippen LogP contribution is -2.41. The van der Waals surface area contributed by atoms with E-state index in [-0.39, 0.29) is 12.5 Å². The molecule has 7 heteroatoms. The third-order valence-corrected chi connectivity index (χ3v) is 3.85. The van der Waals surface area contributed by atoms with Gasteiger partial charge in [0.15, 0.2) is 5.76 Å². The Balaban J connectivity index is 1.92. The summed E-state index contributed by atoms with van der Waals surface area (Å²) < 4.78 is 10.6. The molecule has 7 nitrogen and oxygen atoms in total. The fraction of sp³-hybridized carbons (Fsp3) is 0.400. The van der Waals surface area contributed by atoms with Gasteiger partial charge in [0.2, 0.25) is 0 Å². The molecule has 0 saturated carbocycles. The molecule has 3 amide bonds. The van der Waals surface area contributed by atoms with E-state index in [0.29, 0.717) is 28.5 Å². The maximum atomic E-state index is 12.7. The van der Waals surface area contributed by atoms with Crippen molar-refractivity contribution in [2.75, 3.05) is 0 Å². The second-order valence-corrected chi connectivity index (χ2v) is 5.71. The van der Waals surface area contributed by atoms with Crippen LogP contribution in [0.3, 0.4) is 0 Å². The van der Waals surface area contributed by atoms with Gasteiger partial charge in [-0.3, -0.25) is 9.69 Å². The van der Waals surface area contributed by atoms with Crippen molar-refractivity contribution < 1.29 is 18.5 Å². The van der Waals surface area contributed by atoms with E-state index in [1.54, 1.807) is 39.8 Å². The lowest BCUT2D eigenvalue weighted by atomic mass is 9.92. The van der Waals surface area contributed by atoms with Gasteiger partial charge in [0.25, 0.3) is 5.91 Å². The number of imide groups is 1. The summed E-state index contributed by atoms with van der Waals surface area (Å²) in [4.78, 5) is 26.1. The number of nitrogens with one attached hydrogen (secondary N) is 1. The van der Waals surface area contributed by atoms with Crippen LogP contribution in [0.2, 0.25) is 0 Å². The number of carbonyl (C=O) groups excluding carboxylic acids is 2. The highest BCUT2D eigenvalue weighted by Gasteiger charge is 2.50. The number of rotatable bonds is 3. The molecule has 22 heavy (non-hydrogen) atoms. The monoisotopic (exact) mass is 303 g/mol. The number of urea groups is 1. The molecule has 116 valence electrons. The molecule has 3 heterocycles. The van der Waals surface area contributed by atoms with Crippen molar-refractivity contribution in [1.29, 1.82) is 0 Å². The van der Waals surface area contributed by atoms with Gasteiger partial charge in [-0.15, -0.1) is 0 Å². The van der Waals surface area contributed by atoms with Crippen molar-refractivity contribution in [3.63, 3.8) is 0 Å². The molecule has 1 N–H and O–H groups in total. The Morgan fingerprint density at radius 1 is 1.27 bits per heavy atom. The van der Waals surface area contributed by atoms with E-state index in [4.69, 9.17) is 8.94 Å². The normalized spacial score (nSPS) is 21.5. The van der Waals surface area contributed by atoms with E-state index in [1.807, 2.05) is 0 Å². The maximum Gasteiger partial charge on any atom is 0.325 e. The number of nitrogens with zero attached hydrogens (tertiary/aromatic N) is 2. The summed E-state index contributed by atoms with van der Waals surface area (Å²) in [5, 5.41) is 6.50. The Bertz CT molecular complexity index is 761. The van der Waals surface area contributed by atoms with Crippen LogP contribution < -0.4 is 5.32 Å². The Labute approximate surface area is 127 Å². The van der Waals surface area contributed by atoms with Crippen molar-refractivity contribution in [3.8, 4) is 0 Å². The zero-order valence-corrected chi connectivity index (χ0v) is 12.9. The first-order chi connectivity index (χ1) is 10.3. The summed E-state index contributed by atoms with van der Waals surface area (Å²) in [5.74, 6) is 1.44. The minimum atomic E-state index is -1.13. The van der Waals surface area contributed by atoms with Crippen LogP contribution in [-0.4, -0.2) is 22.0 Å². The molecule has 1 atom stereocenters.